The smallest absolute Gasteiger partial charge is 0.308 e. The van der Waals surface area contributed by atoms with E-state index >= 15 is 0 Å². The van der Waals surface area contributed by atoms with Gasteiger partial charge in [0.2, 0.25) is 5.91 Å². The summed E-state index contributed by atoms with van der Waals surface area (Å²) in [6, 6.07) is 13.5. The lowest BCUT2D eigenvalue weighted by molar-refractivity contribution is -0.143. The summed E-state index contributed by atoms with van der Waals surface area (Å²) in [6.45, 7) is 1.78. The summed E-state index contributed by atoms with van der Waals surface area (Å²) in [5, 5.41) is 2.87. The van der Waals surface area contributed by atoms with Crippen LogP contribution in [0.2, 0.25) is 0 Å². The van der Waals surface area contributed by atoms with Gasteiger partial charge in [0, 0.05) is 6.26 Å². The molecule has 1 heterocycles. The Labute approximate surface area is 192 Å². The maximum Gasteiger partial charge on any atom is 0.308 e. The standard InChI is InChI=1S/C23H27N3O6S/c1-4-32-23(28)13-19(16-8-7-9-17(12-16)31-2)25-22(27)14-26-20-11-6-5-10-18(20)24-21(26)15-33(3,29)30/h5-12,19H,4,13-15H2,1-3H3,(H,25,27). The van der Waals surface area contributed by atoms with E-state index in [4.69, 9.17) is 9.47 Å². The Morgan fingerprint density at radius 1 is 1.15 bits per heavy atom. The third-order valence-electron chi connectivity index (χ3n) is 4.93. The van der Waals surface area contributed by atoms with Crippen molar-refractivity contribution in [2.45, 2.75) is 31.7 Å². The van der Waals surface area contributed by atoms with E-state index in [1.165, 1.54) is 7.11 Å². The van der Waals surface area contributed by atoms with E-state index in [0.717, 1.165) is 6.26 Å². The number of carbonyl (C=O) groups excluding carboxylic acids is 2. The van der Waals surface area contributed by atoms with Crippen LogP contribution in [-0.4, -0.2) is 49.8 Å². The number of rotatable bonds is 10. The summed E-state index contributed by atoms with van der Waals surface area (Å²) < 4.78 is 35.7. The lowest BCUT2D eigenvalue weighted by Crippen LogP contribution is -2.33. The Kier molecular flexibility index (Phi) is 7.70. The van der Waals surface area contributed by atoms with Gasteiger partial charge in [-0.2, -0.15) is 0 Å². The highest BCUT2D eigenvalue weighted by Gasteiger charge is 2.22. The maximum absolute atomic E-state index is 13.1. The number of hydrogen-bond acceptors (Lipinski definition) is 7. The zero-order chi connectivity index (χ0) is 24.0. The Bertz CT molecular complexity index is 1250. The molecule has 3 rings (SSSR count). The highest BCUT2D eigenvalue weighted by Crippen LogP contribution is 2.23. The molecule has 0 fully saturated rings. The van der Waals surface area contributed by atoms with Crippen molar-refractivity contribution in [2.75, 3.05) is 20.0 Å². The lowest BCUT2D eigenvalue weighted by atomic mass is 10.0. The molecule has 1 amide bonds. The monoisotopic (exact) mass is 473 g/mol. The van der Waals surface area contributed by atoms with Gasteiger partial charge in [0.05, 0.1) is 37.2 Å². The summed E-state index contributed by atoms with van der Waals surface area (Å²) in [5.74, 6) is -0.276. The van der Waals surface area contributed by atoms with Crippen LogP contribution < -0.4 is 10.1 Å². The Morgan fingerprint density at radius 2 is 1.91 bits per heavy atom. The van der Waals surface area contributed by atoms with E-state index in [0.29, 0.717) is 22.3 Å². The number of methoxy groups -OCH3 is 1. The second-order valence-corrected chi connectivity index (χ2v) is 9.72. The molecule has 0 radical (unpaired) electrons. The van der Waals surface area contributed by atoms with Gasteiger partial charge in [-0.15, -0.1) is 0 Å². The number of hydrogen-bond donors (Lipinski definition) is 1. The molecule has 1 atom stereocenters. The SMILES string of the molecule is CCOC(=O)CC(NC(=O)Cn1c(CS(C)(=O)=O)nc2ccccc21)c1cccc(OC)c1. The molecule has 3 aromatic rings. The van der Waals surface area contributed by atoms with Crippen molar-refractivity contribution in [1.82, 2.24) is 14.9 Å². The van der Waals surface area contributed by atoms with Gasteiger partial charge in [0.25, 0.3) is 0 Å². The first-order chi connectivity index (χ1) is 15.7. The molecule has 1 unspecified atom stereocenters. The average molecular weight is 474 g/mol. The normalized spacial score (nSPS) is 12.3. The quantitative estimate of drug-likeness (QED) is 0.450. The van der Waals surface area contributed by atoms with Gasteiger partial charge in [-0.25, -0.2) is 13.4 Å². The summed E-state index contributed by atoms with van der Waals surface area (Å²) in [5.41, 5.74) is 1.93. The number of aromatic nitrogens is 2. The Hall–Kier alpha value is -3.40. The van der Waals surface area contributed by atoms with Crippen molar-refractivity contribution in [3.05, 3.63) is 59.9 Å². The van der Waals surface area contributed by atoms with Crippen molar-refractivity contribution in [2.24, 2.45) is 0 Å². The lowest BCUT2D eigenvalue weighted by Gasteiger charge is -2.20. The zero-order valence-electron chi connectivity index (χ0n) is 18.8. The van der Waals surface area contributed by atoms with Gasteiger partial charge >= 0.3 is 5.97 Å². The summed E-state index contributed by atoms with van der Waals surface area (Å²) in [6.07, 6.45) is 1.06. The van der Waals surface area contributed by atoms with Gasteiger partial charge in [-0.3, -0.25) is 9.59 Å². The number of amides is 1. The largest absolute Gasteiger partial charge is 0.497 e. The molecule has 1 aromatic heterocycles. The molecule has 0 saturated carbocycles. The molecule has 176 valence electrons. The van der Waals surface area contributed by atoms with E-state index in [1.807, 2.05) is 0 Å². The zero-order valence-corrected chi connectivity index (χ0v) is 19.6. The van der Waals surface area contributed by atoms with Crippen LogP contribution in [0, 0.1) is 0 Å². The summed E-state index contributed by atoms with van der Waals surface area (Å²) in [7, 11) is -1.84. The molecule has 0 spiro atoms. The molecule has 0 aliphatic rings. The molecule has 0 bridgehead atoms. The van der Waals surface area contributed by atoms with E-state index in [-0.39, 0.29) is 31.1 Å². The number of nitrogens with zero attached hydrogens (tertiary/aromatic N) is 2. The van der Waals surface area contributed by atoms with Crippen LogP contribution in [0.15, 0.2) is 48.5 Å². The van der Waals surface area contributed by atoms with Crippen LogP contribution in [0.5, 0.6) is 5.75 Å². The third kappa shape index (κ3) is 6.55. The van der Waals surface area contributed by atoms with Gasteiger partial charge < -0.3 is 19.4 Å². The van der Waals surface area contributed by atoms with Crippen LogP contribution in [0.25, 0.3) is 11.0 Å². The second kappa shape index (κ2) is 10.5. The molecule has 1 N–H and O–H groups in total. The predicted octanol–water partition coefficient (Wildman–Crippen LogP) is 2.40. The predicted molar refractivity (Wildman–Crippen MR) is 123 cm³/mol. The van der Waals surface area contributed by atoms with E-state index in [2.05, 4.69) is 10.3 Å². The van der Waals surface area contributed by atoms with Gasteiger partial charge in [0.15, 0.2) is 9.84 Å². The summed E-state index contributed by atoms with van der Waals surface area (Å²) in [4.78, 5) is 29.6. The number of benzene rings is 2. The van der Waals surface area contributed by atoms with Crippen LogP contribution in [-0.2, 0) is 36.5 Å². The molecule has 0 aliphatic carbocycles. The molecule has 0 aliphatic heterocycles. The van der Waals surface area contributed by atoms with Crippen LogP contribution in [0.4, 0.5) is 0 Å². The number of para-hydroxylation sites is 2. The topological polar surface area (TPSA) is 117 Å². The number of sulfone groups is 1. The number of nitrogens with one attached hydrogen (secondary N) is 1. The highest BCUT2D eigenvalue weighted by atomic mass is 32.2. The van der Waals surface area contributed by atoms with E-state index in [1.54, 1.807) is 60.0 Å². The first-order valence-electron chi connectivity index (χ1n) is 10.4. The number of imidazole rings is 1. The molecule has 2 aromatic carbocycles. The maximum atomic E-state index is 13.1. The molecule has 33 heavy (non-hydrogen) atoms. The van der Waals surface area contributed by atoms with Crippen LogP contribution in [0.1, 0.15) is 30.8 Å². The minimum absolute atomic E-state index is 0.0619. The fourth-order valence-corrected chi connectivity index (χ4v) is 4.22. The molecule has 9 nitrogen and oxygen atoms in total. The van der Waals surface area contributed by atoms with Crippen molar-refractivity contribution in [1.29, 1.82) is 0 Å². The van der Waals surface area contributed by atoms with E-state index < -0.39 is 27.8 Å². The first-order valence-corrected chi connectivity index (χ1v) is 12.5. The van der Waals surface area contributed by atoms with E-state index in [9.17, 15) is 18.0 Å². The van der Waals surface area contributed by atoms with Crippen molar-refractivity contribution in [3.63, 3.8) is 0 Å². The minimum Gasteiger partial charge on any atom is -0.497 e. The Balaban J connectivity index is 1.89. The summed E-state index contributed by atoms with van der Waals surface area (Å²) >= 11 is 0. The second-order valence-electron chi connectivity index (χ2n) is 7.58. The number of carbonyl (C=O) groups is 2. The molecule has 0 saturated heterocycles. The van der Waals surface area contributed by atoms with Crippen molar-refractivity contribution >= 4 is 32.7 Å². The van der Waals surface area contributed by atoms with Crippen LogP contribution in [0.3, 0.4) is 0 Å². The fraction of sp³-hybridized carbons (Fsp3) is 0.348. The van der Waals surface area contributed by atoms with Crippen LogP contribution >= 0.6 is 0 Å². The van der Waals surface area contributed by atoms with Gasteiger partial charge in [-0.05, 0) is 36.8 Å². The van der Waals surface area contributed by atoms with Gasteiger partial charge in [-0.1, -0.05) is 24.3 Å². The van der Waals surface area contributed by atoms with Crippen molar-refractivity contribution < 1.29 is 27.5 Å². The number of esters is 1. The number of ether oxygens (including phenoxy) is 2. The minimum atomic E-state index is -3.37. The number of fused-ring (bicyclic) bond motifs is 1. The molecule has 10 heteroatoms. The average Bonchev–Trinajstić information content (AvgIpc) is 3.08. The van der Waals surface area contributed by atoms with Gasteiger partial charge in [0.1, 0.15) is 23.9 Å². The highest BCUT2D eigenvalue weighted by molar-refractivity contribution is 7.89. The first kappa shape index (κ1) is 24.2. The van der Waals surface area contributed by atoms with Crippen molar-refractivity contribution in [3.8, 4) is 5.75 Å². The fourth-order valence-electron chi connectivity index (χ4n) is 3.53. The Morgan fingerprint density at radius 3 is 2.61 bits per heavy atom. The molecular weight excluding hydrogens is 446 g/mol. The molecular formula is C23H27N3O6S. The third-order valence-corrected chi connectivity index (χ3v) is 5.72.